The summed E-state index contributed by atoms with van der Waals surface area (Å²) < 4.78 is 11.7. The highest BCUT2D eigenvalue weighted by atomic mass is 16.5. The minimum Gasteiger partial charge on any atom is -0.493 e. The van der Waals surface area contributed by atoms with E-state index >= 15 is 0 Å². The standard InChI is InChI=1S/C36H44N2O6/c1-6-7-8-13-20-44-29-19-18-25(21-30(29)43-5)31-32(34(40)37-26-16-11-9-14-23(26)2)28(39)22-36(4,42)33(31)35(41)38-27-17-12-10-15-24(27)3/h9-12,14-19,21,31-33,42H,6-8,13,20,22H2,1-5H3,(H,37,40)(H,38,41). The molecule has 44 heavy (non-hydrogen) atoms. The van der Waals surface area contributed by atoms with Crippen LogP contribution < -0.4 is 20.1 Å². The highest BCUT2D eigenvalue weighted by molar-refractivity contribution is 6.10. The molecular formula is C36H44N2O6. The second-order valence-electron chi connectivity index (χ2n) is 11.9. The molecule has 3 N–H and O–H groups in total. The molecular weight excluding hydrogens is 556 g/mol. The summed E-state index contributed by atoms with van der Waals surface area (Å²) in [6.45, 7) is 7.90. The molecule has 0 bridgehead atoms. The number of amides is 2. The number of para-hydroxylation sites is 2. The third kappa shape index (κ3) is 7.48. The highest BCUT2D eigenvalue weighted by Gasteiger charge is 2.56. The van der Waals surface area contributed by atoms with Crippen molar-refractivity contribution in [3.05, 3.63) is 83.4 Å². The van der Waals surface area contributed by atoms with Gasteiger partial charge in [0.2, 0.25) is 11.8 Å². The van der Waals surface area contributed by atoms with Gasteiger partial charge in [0.25, 0.3) is 0 Å². The molecule has 4 unspecified atom stereocenters. The smallest absolute Gasteiger partial charge is 0.235 e. The number of hydrogen-bond acceptors (Lipinski definition) is 6. The van der Waals surface area contributed by atoms with Crippen LogP contribution in [0.2, 0.25) is 0 Å². The number of methoxy groups -OCH3 is 1. The number of aryl methyl sites for hydroxylation is 2. The maximum Gasteiger partial charge on any atom is 0.235 e. The first-order valence-corrected chi connectivity index (χ1v) is 15.4. The van der Waals surface area contributed by atoms with Gasteiger partial charge in [-0.2, -0.15) is 0 Å². The predicted molar refractivity (Wildman–Crippen MR) is 172 cm³/mol. The van der Waals surface area contributed by atoms with Crippen LogP contribution >= 0.6 is 0 Å². The lowest BCUT2D eigenvalue weighted by Gasteiger charge is -2.44. The van der Waals surface area contributed by atoms with Crippen LogP contribution in [0.4, 0.5) is 11.4 Å². The van der Waals surface area contributed by atoms with Crippen LogP contribution in [0.1, 0.15) is 68.6 Å². The molecule has 8 nitrogen and oxygen atoms in total. The third-order valence-electron chi connectivity index (χ3n) is 8.47. The van der Waals surface area contributed by atoms with Crippen LogP contribution in [0.15, 0.2) is 66.7 Å². The molecule has 1 saturated carbocycles. The van der Waals surface area contributed by atoms with Gasteiger partial charge in [-0.25, -0.2) is 0 Å². The Bertz CT molecular complexity index is 1480. The Morgan fingerprint density at radius 1 is 0.886 bits per heavy atom. The number of aliphatic hydroxyl groups is 1. The zero-order valence-corrected chi connectivity index (χ0v) is 26.3. The van der Waals surface area contributed by atoms with Crippen LogP contribution in [0.25, 0.3) is 0 Å². The molecule has 8 heteroatoms. The summed E-state index contributed by atoms with van der Waals surface area (Å²) >= 11 is 0. The number of nitrogens with one attached hydrogen (secondary N) is 2. The number of unbranched alkanes of at least 4 members (excludes halogenated alkanes) is 3. The molecule has 0 radical (unpaired) electrons. The van der Waals surface area contributed by atoms with Crippen molar-refractivity contribution in [3.63, 3.8) is 0 Å². The van der Waals surface area contributed by atoms with Crippen LogP contribution in [0.5, 0.6) is 11.5 Å². The molecule has 0 saturated heterocycles. The van der Waals surface area contributed by atoms with Gasteiger partial charge in [0.1, 0.15) is 11.7 Å². The number of Topliss-reactive ketones (excluding diaryl/α,β-unsaturated/α-hetero) is 1. The summed E-state index contributed by atoms with van der Waals surface area (Å²) in [6, 6.07) is 19.8. The number of ketones is 1. The first kappa shape index (κ1) is 32.7. The number of benzene rings is 3. The SMILES string of the molecule is CCCCCCOc1ccc(C2C(C(=O)Nc3ccccc3C)C(=O)CC(C)(O)C2C(=O)Nc2ccccc2C)cc1OC. The maximum atomic E-state index is 14.1. The van der Waals surface area contributed by atoms with E-state index in [1.807, 2.05) is 44.2 Å². The fourth-order valence-corrected chi connectivity index (χ4v) is 6.06. The van der Waals surface area contributed by atoms with E-state index in [2.05, 4.69) is 17.6 Å². The fraction of sp³-hybridized carbons (Fsp3) is 0.417. The number of carbonyl (C=O) groups is 3. The zero-order chi connectivity index (χ0) is 31.9. The molecule has 0 aromatic heterocycles. The Labute approximate surface area is 260 Å². The Kier molecular flexibility index (Phi) is 10.8. The molecule has 3 aromatic carbocycles. The van der Waals surface area contributed by atoms with Gasteiger partial charge in [0, 0.05) is 23.7 Å². The Hall–Kier alpha value is -4.17. The molecule has 0 spiro atoms. The van der Waals surface area contributed by atoms with Gasteiger partial charge in [-0.15, -0.1) is 0 Å². The quantitative estimate of drug-likeness (QED) is 0.160. The fourth-order valence-electron chi connectivity index (χ4n) is 6.06. The van der Waals surface area contributed by atoms with E-state index in [0.29, 0.717) is 35.0 Å². The summed E-state index contributed by atoms with van der Waals surface area (Å²) in [7, 11) is 1.52. The van der Waals surface area contributed by atoms with E-state index in [1.165, 1.54) is 14.0 Å². The van der Waals surface area contributed by atoms with Gasteiger partial charge in [0.05, 0.1) is 25.2 Å². The molecule has 0 aliphatic heterocycles. The second kappa shape index (κ2) is 14.5. The van der Waals surface area contributed by atoms with Crippen molar-refractivity contribution < 1.29 is 29.0 Å². The maximum absolute atomic E-state index is 14.1. The van der Waals surface area contributed by atoms with Crippen molar-refractivity contribution in [2.45, 2.75) is 71.3 Å². The van der Waals surface area contributed by atoms with Crippen molar-refractivity contribution in [3.8, 4) is 11.5 Å². The van der Waals surface area contributed by atoms with E-state index in [-0.39, 0.29) is 6.42 Å². The number of rotatable bonds is 12. The van der Waals surface area contributed by atoms with E-state index in [9.17, 15) is 19.5 Å². The largest absolute Gasteiger partial charge is 0.493 e. The summed E-state index contributed by atoms with van der Waals surface area (Å²) in [5.41, 5.74) is 1.64. The first-order chi connectivity index (χ1) is 21.1. The Balaban J connectivity index is 1.76. The number of carbonyl (C=O) groups excluding carboxylic acids is 3. The molecule has 234 valence electrons. The minimum atomic E-state index is -1.73. The molecule has 4 atom stereocenters. The van der Waals surface area contributed by atoms with Crippen molar-refractivity contribution >= 4 is 29.0 Å². The molecule has 1 aliphatic rings. The molecule has 2 amide bonds. The van der Waals surface area contributed by atoms with E-state index in [4.69, 9.17) is 9.47 Å². The molecule has 4 rings (SSSR count). The van der Waals surface area contributed by atoms with Crippen LogP contribution in [0.3, 0.4) is 0 Å². The molecule has 1 aliphatic carbocycles. The summed E-state index contributed by atoms with van der Waals surface area (Å²) in [4.78, 5) is 41.8. The lowest BCUT2D eigenvalue weighted by atomic mass is 9.61. The van der Waals surface area contributed by atoms with E-state index < -0.39 is 41.0 Å². The second-order valence-corrected chi connectivity index (χ2v) is 11.9. The highest BCUT2D eigenvalue weighted by Crippen LogP contribution is 2.48. The molecule has 1 fully saturated rings. The molecule has 3 aromatic rings. The Morgan fingerprint density at radius 3 is 2.09 bits per heavy atom. The van der Waals surface area contributed by atoms with Gasteiger partial charge < -0.3 is 25.2 Å². The normalized spacial score (nSPS) is 21.4. The molecule has 0 heterocycles. The lowest BCUT2D eigenvalue weighted by Crippen LogP contribution is -2.56. The van der Waals surface area contributed by atoms with Crippen molar-refractivity contribution in [2.75, 3.05) is 24.4 Å². The first-order valence-electron chi connectivity index (χ1n) is 15.4. The number of ether oxygens (including phenoxy) is 2. The van der Waals surface area contributed by atoms with Gasteiger partial charge in [-0.1, -0.05) is 68.7 Å². The van der Waals surface area contributed by atoms with Gasteiger partial charge in [0.15, 0.2) is 11.5 Å². The number of anilines is 2. The van der Waals surface area contributed by atoms with Crippen LogP contribution in [0, 0.1) is 25.7 Å². The average molecular weight is 601 g/mol. The summed E-state index contributed by atoms with van der Waals surface area (Å²) in [5, 5.41) is 17.6. The van der Waals surface area contributed by atoms with Crippen molar-refractivity contribution in [1.82, 2.24) is 0 Å². The van der Waals surface area contributed by atoms with Crippen LogP contribution in [-0.2, 0) is 14.4 Å². The van der Waals surface area contributed by atoms with Gasteiger partial charge in [-0.05, 0) is 68.1 Å². The topological polar surface area (TPSA) is 114 Å². The van der Waals surface area contributed by atoms with Gasteiger partial charge in [-0.3, -0.25) is 14.4 Å². The lowest BCUT2D eigenvalue weighted by molar-refractivity contribution is -0.150. The summed E-state index contributed by atoms with van der Waals surface area (Å²) in [6.07, 6.45) is 3.87. The van der Waals surface area contributed by atoms with Gasteiger partial charge >= 0.3 is 0 Å². The van der Waals surface area contributed by atoms with E-state index in [1.54, 1.807) is 36.4 Å². The van der Waals surface area contributed by atoms with Crippen LogP contribution in [-0.4, -0.2) is 42.0 Å². The van der Waals surface area contributed by atoms with Crippen molar-refractivity contribution in [1.29, 1.82) is 0 Å². The Morgan fingerprint density at radius 2 is 1.50 bits per heavy atom. The predicted octanol–water partition coefficient (Wildman–Crippen LogP) is 6.59. The zero-order valence-electron chi connectivity index (χ0n) is 26.3. The number of hydrogen-bond donors (Lipinski definition) is 3. The summed E-state index contributed by atoms with van der Waals surface area (Å²) in [5.74, 6) is -3.88. The third-order valence-corrected chi connectivity index (χ3v) is 8.47. The average Bonchev–Trinajstić information content (AvgIpc) is 2.98. The monoisotopic (exact) mass is 600 g/mol. The minimum absolute atomic E-state index is 0.350. The van der Waals surface area contributed by atoms with Crippen molar-refractivity contribution in [2.24, 2.45) is 11.8 Å². The van der Waals surface area contributed by atoms with E-state index in [0.717, 1.165) is 36.8 Å².